The third kappa shape index (κ3) is 5.16. The number of carbonyl (C=O) groups is 2. The Balaban J connectivity index is 1.77. The van der Waals surface area contributed by atoms with E-state index in [1.165, 1.54) is 18.3 Å². The first kappa shape index (κ1) is 21.4. The molecule has 0 fully saturated rings. The molecule has 0 bridgehead atoms. The van der Waals surface area contributed by atoms with Crippen LogP contribution in [-0.4, -0.2) is 28.3 Å². The Hall–Kier alpha value is -3.36. The number of phenolic OH excluding ortho intramolecular Hbond substituents is 2. The van der Waals surface area contributed by atoms with Crippen LogP contribution < -0.4 is 10.2 Å². The highest BCUT2D eigenvalue weighted by Crippen LogP contribution is 2.25. The van der Waals surface area contributed by atoms with Crippen LogP contribution in [0.5, 0.6) is 17.2 Å². The Morgan fingerprint density at radius 1 is 1.03 bits per heavy atom. The molecule has 0 heterocycles. The van der Waals surface area contributed by atoms with Crippen molar-refractivity contribution in [2.24, 2.45) is 5.10 Å². The van der Waals surface area contributed by atoms with Crippen LogP contribution in [0.15, 0.2) is 70.2 Å². The normalized spacial score (nSPS) is 10.7. The number of hydrogen-bond donors (Lipinski definition) is 3. The number of nitrogens with one attached hydrogen (secondary N) is 1. The summed E-state index contributed by atoms with van der Waals surface area (Å²) in [5.74, 6) is -1.69. The van der Waals surface area contributed by atoms with Gasteiger partial charge in [0.25, 0.3) is 5.91 Å². The fourth-order valence-electron chi connectivity index (χ4n) is 2.43. The summed E-state index contributed by atoms with van der Waals surface area (Å²) in [5, 5.41) is 23.1. The molecule has 0 unspecified atom stereocenters. The highest BCUT2D eigenvalue weighted by Gasteiger charge is 2.15. The van der Waals surface area contributed by atoms with Gasteiger partial charge in [-0.2, -0.15) is 5.10 Å². The monoisotopic (exact) mass is 488 g/mol. The maximum absolute atomic E-state index is 12.4. The fourth-order valence-corrected chi connectivity index (χ4v) is 3.02. The molecule has 152 valence electrons. The minimum atomic E-state index is -0.687. The number of phenols is 2. The molecule has 0 atom stereocenters. The average Bonchev–Trinajstić information content (AvgIpc) is 2.70. The van der Waals surface area contributed by atoms with E-state index in [9.17, 15) is 19.8 Å². The Labute approximate surface area is 184 Å². The maximum Gasteiger partial charge on any atom is 0.345 e. The number of esters is 1. The Morgan fingerprint density at radius 3 is 2.53 bits per heavy atom. The average molecular weight is 490 g/mol. The van der Waals surface area contributed by atoms with E-state index in [0.717, 1.165) is 6.07 Å². The van der Waals surface area contributed by atoms with E-state index < -0.39 is 11.9 Å². The molecule has 0 spiro atoms. The molecule has 3 aromatic carbocycles. The predicted octanol–water partition coefficient (Wildman–Crippen LogP) is 4.50. The summed E-state index contributed by atoms with van der Waals surface area (Å²) in [6, 6.07) is 14.9. The molecule has 3 rings (SSSR count). The minimum absolute atomic E-state index is 0.0652. The van der Waals surface area contributed by atoms with Crippen LogP contribution in [0.25, 0.3) is 0 Å². The zero-order valence-electron chi connectivity index (χ0n) is 15.2. The van der Waals surface area contributed by atoms with Gasteiger partial charge in [0.05, 0.1) is 22.4 Å². The number of hydrogen-bond acceptors (Lipinski definition) is 6. The van der Waals surface area contributed by atoms with Gasteiger partial charge in [-0.3, -0.25) is 4.79 Å². The lowest BCUT2D eigenvalue weighted by atomic mass is 10.2. The molecule has 0 aromatic heterocycles. The van der Waals surface area contributed by atoms with Gasteiger partial charge >= 0.3 is 5.97 Å². The van der Waals surface area contributed by atoms with Gasteiger partial charge in [-0.25, -0.2) is 10.2 Å². The number of nitrogens with zero attached hydrogens (tertiary/aromatic N) is 1. The van der Waals surface area contributed by atoms with E-state index in [4.69, 9.17) is 16.3 Å². The van der Waals surface area contributed by atoms with Crippen molar-refractivity contribution in [3.63, 3.8) is 0 Å². The highest BCUT2D eigenvalue weighted by molar-refractivity contribution is 9.10. The highest BCUT2D eigenvalue weighted by atomic mass is 79.9. The first-order chi connectivity index (χ1) is 14.3. The zero-order valence-corrected chi connectivity index (χ0v) is 17.5. The number of aromatic hydroxyl groups is 2. The van der Waals surface area contributed by atoms with Crippen molar-refractivity contribution in [2.45, 2.75) is 0 Å². The van der Waals surface area contributed by atoms with E-state index in [1.807, 2.05) is 0 Å². The van der Waals surface area contributed by atoms with Crippen LogP contribution in [0.2, 0.25) is 5.02 Å². The van der Waals surface area contributed by atoms with Crippen LogP contribution >= 0.6 is 27.5 Å². The molecule has 30 heavy (non-hydrogen) atoms. The number of ether oxygens (including phenoxy) is 1. The third-order valence-electron chi connectivity index (χ3n) is 3.86. The lowest BCUT2D eigenvalue weighted by Crippen LogP contribution is -2.18. The lowest BCUT2D eigenvalue weighted by molar-refractivity contribution is 0.0734. The van der Waals surface area contributed by atoms with Gasteiger partial charge in [0, 0.05) is 16.1 Å². The van der Waals surface area contributed by atoms with Crippen molar-refractivity contribution < 1.29 is 24.5 Å². The maximum atomic E-state index is 12.4. The zero-order chi connectivity index (χ0) is 21.7. The number of halogens is 2. The minimum Gasteiger partial charge on any atom is -0.508 e. The summed E-state index contributed by atoms with van der Waals surface area (Å²) in [6.45, 7) is 0. The van der Waals surface area contributed by atoms with E-state index >= 15 is 0 Å². The molecule has 0 saturated carbocycles. The topological polar surface area (TPSA) is 108 Å². The van der Waals surface area contributed by atoms with Gasteiger partial charge < -0.3 is 14.9 Å². The summed E-state index contributed by atoms with van der Waals surface area (Å²) < 4.78 is 6.12. The second kappa shape index (κ2) is 9.43. The van der Waals surface area contributed by atoms with Crippen LogP contribution in [0, 0.1) is 0 Å². The summed E-state index contributed by atoms with van der Waals surface area (Å²) in [4.78, 5) is 24.6. The lowest BCUT2D eigenvalue weighted by Gasteiger charge is -2.09. The van der Waals surface area contributed by atoms with E-state index in [1.54, 1.807) is 42.5 Å². The van der Waals surface area contributed by atoms with Crippen LogP contribution in [0.1, 0.15) is 26.3 Å². The smallest absolute Gasteiger partial charge is 0.345 e. The van der Waals surface area contributed by atoms with Crippen molar-refractivity contribution >= 4 is 45.6 Å². The third-order valence-corrected chi connectivity index (χ3v) is 4.69. The number of carbonyl (C=O) groups excluding carboxylic acids is 2. The summed E-state index contributed by atoms with van der Waals surface area (Å²) in [5.41, 5.74) is 2.81. The summed E-state index contributed by atoms with van der Waals surface area (Å²) in [7, 11) is 0. The second-order valence-electron chi connectivity index (χ2n) is 5.95. The van der Waals surface area contributed by atoms with Crippen LogP contribution in [0.4, 0.5) is 0 Å². The molecular weight excluding hydrogens is 476 g/mol. The van der Waals surface area contributed by atoms with Gasteiger partial charge in [0.15, 0.2) is 0 Å². The Kier molecular flexibility index (Phi) is 6.71. The molecule has 9 heteroatoms. The van der Waals surface area contributed by atoms with Gasteiger partial charge in [-0.1, -0.05) is 39.7 Å². The van der Waals surface area contributed by atoms with E-state index in [0.29, 0.717) is 10.0 Å². The molecule has 7 nitrogen and oxygen atoms in total. The molecule has 0 radical (unpaired) electrons. The fraction of sp³-hybridized carbons (Fsp3) is 0. The van der Waals surface area contributed by atoms with E-state index in [2.05, 4.69) is 26.5 Å². The van der Waals surface area contributed by atoms with Gasteiger partial charge in [0.2, 0.25) is 0 Å². The van der Waals surface area contributed by atoms with Gasteiger partial charge in [-0.05, 0) is 42.5 Å². The first-order valence-corrected chi connectivity index (χ1v) is 9.64. The molecular formula is C21H14BrClN2O5. The molecule has 0 saturated heterocycles. The SMILES string of the molecule is O=C(N/N=C\c1cc(Br)ccc1OC(=O)c1ccccc1Cl)c1ccc(O)cc1O. The van der Waals surface area contributed by atoms with Crippen molar-refractivity contribution in [3.05, 3.63) is 86.8 Å². The van der Waals surface area contributed by atoms with Crippen molar-refractivity contribution in [2.75, 3.05) is 0 Å². The second-order valence-corrected chi connectivity index (χ2v) is 7.27. The molecule has 0 aliphatic heterocycles. The molecule has 3 N–H and O–H groups in total. The van der Waals surface area contributed by atoms with Crippen molar-refractivity contribution in [3.8, 4) is 17.2 Å². The Morgan fingerprint density at radius 2 is 1.80 bits per heavy atom. The number of benzene rings is 3. The quantitative estimate of drug-likeness (QED) is 0.212. The number of rotatable bonds is 5. The molecule has 1 amide bonds. The van der Waals surface area contributed by atoms with Crippen LogP contribution in [0.3, 0.4) is 0 Å². The Bertz CT molecular complexity index is 1150. The largest absolute Gasteiger partial charge is 0.508 e. The van der Waals surface area contributed by atoms with Crippen molar-refractivity contribution in [1.29, 1.82) is 0 Å². The summed E-state index contributed by atoms with van der Waals surface area (Å²) in [6.07, 6.45) is 1.29. The molecule has 0 aliphatic rings. The number of hydrazone groups is 1. The first-order valence-electron chi connectivity index (χ1n) is 8.47. The molecule has 0 aliphatic carbocycles. The van der Waals surface area contributed by atoms with Crippen LogP contribution in [-0.2, 0) is 0 Å². The number of amides is 1. The molecule has 3 aromatic rings. The van der Waals surface area contributed by atoms with Gasteiger partial charge in [-0.15, -0.1) is 0 Å². The standard InChI is InChI=1S/C21H14BrClN2O5/c22-13-5-8-19(30-21(29)15-3-1-2-4-17(15)23)12(9-13)11-24-25-20(28)16-7-6-14(26)10-18(16)27/h1-11,26-27H,(H,25,28)/b24-11-. The predicted molar refractivity (Wildman–Crippen MR) is 115 cm³/mol. The van der Waals surface area contributed by atoms with Crippen molar-refractivity contribution in [1.82, 2.24) is 5.43 Å². The summed E-state index contributed by atoms with van der Waals surface area (Å²) >= 11 is 9.36. The van der Waals surface area contributed by atoms with E-state index in [-0.39, 0.29) is 33.4 Å². The van der Waals surface area contributed by atoms with Gasteiger partial charge in [0.1, 0.15) is 17.2 Å².